The fourth-order valence-corrected chi connectivity index (χ4v) is 1.60. The maximum atomic E-state index is 10.8. The summed E-state index contributed by atoms with van der Waals surface area (Å²) in [4.78, 5) is 0. The molecule has 0 aliphatic rings. The minimum absolute atomic E-state index is 0.0303. The summed E-state index contributed by atoms with van der Waals surface area (Å²) >= 11 is 11.1. The van der Waals surface area contributed by atoms with E-state index in [1.54, 1.807) is 0 Å². The van der Waals surface area contributed by atoms with Crippen LogP contribution in [-0.2, 0) is 10.1 Å². The van der Waals surface area contributed by atoms with Crippen LogP contribution in [0.1, 0.15) is 0 Å². The molecule has 1 aromatic rings. The smallest absolute Gasteiger partial charge is 0.306 e. The zero-order valence-corrected chi connectivity index (χ0v) is 9.32. The average Bonchev–Trinajstić information content (AvgIpc) is 1.97. The molecule has 1 aromatic carbocycles. The van der Waals surface area contributed by atoms with E-state index in [9.17, 15) is 8.42 Å². The molecule has 0 spiro atoms. The van der Waals surface area contributed by atoms with Crippen LogP contribution in [-0.4, -0.2) is 19.8 Å². The van der Waals surface area contributed by atoms with Gasteiger partial charge in [-0.05, 0) is 0 Å². The second kappa shape index (κ2) is 3.84. The van der Waals surface area contributed by atoms with E-state index in [1.165, 1.54) is 0 Å². The molecule has 0 saturated carbocycles. The van der Waals surface area contributed by atoms with Gasteiger partial charge in [0.2, 0.25) is 0 Å². The van der Waals surface area contributed by atoms with Gasteiger partial charge in [-0.15, -0.1) is 0 Å². The van der Waals surface area contributed by atoms with E-state index in [2.05, 4.69) is 4.18 Å². The van der Waals surface area contributed by atoms with Gasteiger partial charge in [0.25, 0.3) is 0 Å². The first-order valence-electron chi connectivity index (χ1n) is 3.37. The van der Waals surface area contributed by atoms with Crippen molar-refractivity contribution < 1.29 is 17.7 Å². The van der Waals surface area contributed by atoms with Crippen LogP contribution in [0.25, 0.3) is 0 Å². The number of aromatic hydroxyl groups is 1. The van der Waals surface area contributed by atoms with Gasteiger partial charge in [-0.1, -0.05) is 23.2 Å². The Hall–Kier alpha value is -0.650. The third-order valence-electron chi connectivity index (χ3n) is 1.24. The molecule has 0 aliphatic carbocycles. The number of phenols is 1. The molecule has 7 heteroatoms. The molecular formula is C7H6Cl2O4S. The number of phenolic OH excluding ortho intramolecular Hbond substituents is 1. The van der Waals surface area contributed by atoms with Crippen LogP contribution in [0.4, 0.5) is 0 Å². The van der Waals surface area contributed by atoms with Gasteiger partial charge in [0.15, 0.2) is 5.75 Å². The quantitative estimate of drug-likeness (QED) is 0.823. The van der Waals surface area contributed by atoms with Gasteiger partial charge in [0.05, 0.1) is 16.3 Å². The summed E-state index contributed by atoms with van der Waals surface area (Å²) in [5.74, 6) is -0.352. The molecule has 1 N–H and O–H groups in total. The zero-order valence-electron chi connectivity index (χ0n) is 6.99. The monoisotopic (exact) mass is 256 g/mol. The van der Waals surface area contributed by atoms with Crippen LogP contribution in [0, 0.1) is 0 Å². The normalized spacial score (nSPS) is 11.4. The number of hydrogen-bond donors (Lipinski definition) is 1. The highest BCUT2D eigenvalue weighted by atomic mass is 35.5. The van der Waals surface area contributed by atoms with E-state index in [0.717, 1.165) is 18.4 Å². The van der Waals surface area contributed by atoms with Crippen molar-refractivity contribution in [2.75, 3.05) is 6.26 Å². The molecule has 0 atom stereocenters. The van der Waals surface area contributed by atoms with Crippen LogP contribution in [0.5, 0.6) is 11.5 Å². The highest BCUT2D eigenvalue weighted by molar-refractivity contribution is 7.86. The highest BCUT2D eigenvalue weighted by Gasteiger charge is 2.11. The summed E-state index contributed by atoms with van der Waals surface area (Å²) in [6, 6.07) is 2.23. The molecular weight excluding hydrogens is 251 g/mol. The Kier molecular flexibility index (Phi) is 3.14. The topological polar surface area (TPSA) is 63.6 Å². The summed E-state index contributed by atoms with van der Waals surface area (Å²) in [7, 11) is -3.65. The van der Waals surface area contributed by atoms with E-state index < -0.39 is 10.1 Å². The van der Waals surface area contributed by atoms with Crippen molar-refractivity contribution >= 4 is 33.3 Å². The van der Waals surface area contributed by atoms with Gasteiger partial charge < -0.3 is 9.29 Å². The molecule has 0 bridgehead atoms. The lowest BCUT2D eigenvalue weighted by molar-refractivity contribution is 0.470. The molecule has 1 rings (SSSR count). The standard InChI is InChI=1S/C7H6Cl2O4S/c1-14(11,12)13-7-3-4(8)6(10)2-5(7)9/h2-3,10H,1H3. The van der Waals surface area contributed by atoms with Gasteiger partial charge in [0.1, 0.15) is 5.75 Å². The lowest BCUT2D eigenvalue weighted by Gasteiger charge is -2.06. The van der Waals surface area contributed by atoms with Crippen molar-refractivity contribution in [2.24, 2.45) is 0 Å². The van der Waals surface area contributed by atoms with E-state index in [0.29, 0.717) is 0 Å². The van der Waals surface area contributed by atoms with Crippen molar-refractivity contribution in [1.29, 1.82) is 0 Å². The van der Waals surface area contributed by atoms with E-state index in [-0.39, 0.29) is 21.5 Å². The van der Waals surface area contributed by atoms with Crippen LogP contribution >= 0.6 is 23.2 Å². The molecule has 0 heterocycles. The first-order chi connectivity index (χ1) is 6.29. The fraction of sp³-hybridized carbons (Fsp3) is 0.143. The second-order valence-corrected chi connectivity index (χ2v) is 4.91. The van der Waals surface area contributed by atoms with Crippen LogP contribution in [0.2, 0.25) is 10.0 Å². The third kappa shape index (κ3) is 2.94. The molecule has 0 aliphatic heterocycles. The molecule has 0 amide bonds. The van der Waals surface area contributed by atoms with Crippen molar-refractivity contribution in [3.8, 4) is 11.5 Å². The summed E-state index contributed by atoms with van der Waals surface area (Å²) in [6.45, 7) is 0. The Morgan fingerprint density at radius 3 is 2.36 bits per heavy atom. The number of hydrogen-bond acceptors (Lipinski definition) is 4. The van der Waals surface area contributed by atoms with Crippen LogP contribution < -0.4 is 4.18 Å². The predicted molar refractivity (Wildman–Crippen MR) is 53.6 cm³/mol. The van der Waals surface area contributed by atoms with E-state index in [4.69, 9.17) is 28.3 Å². The van der Waals surface area contributed by atoms with Crippen molar-refractivity contribution in [3.05, 3.63) is 22.2 Å². The fourth-order valence-electron chi connectivity index (χ4n) is 0.745. The van der Waals surface area contributed by atoms with Gasteiger partial charge in [-0.2, -0.15) is 8.42 Å². The van der Waals surface area contributed by atoms with Gasteiger partial charge in [0, 0.05) is 12.1 Å². The molecule has 4 nitrogen and oxygen atoms in total. The molecule has 0 radical (unpaired) electrons. The maximum Gasteiger partial charge on any atom is 0.306 e. The van der Waals surface area contributed by atoms with E-state index >= 15 is 0 Å². The minimum Gasteiger partial charge on any atom is -0.506 e. The zero-order chi connectivity index (χ0) is 10.9. The Balaban J connectivity index is 3.17. The van der Waals surface area contributed by atoms with E-state index in [1.807, 2.05) is 0 Å². The molecule has 0 saturated heterocycles. The Bertz CT molecular complexity index is 455. The first-order valence-corrected chi connectivity index (χ1v) is 5.94. The average molecular weight is 257 g/mol. The summed E-state index contributed by atoms with van der Waals surface area (Å²) < 4.78 is 26.0. The van der Waals surface area contributed by atoms with Crippen molar-refractivity contribution in [1.82, 2.24) is 0 Å². The van der Waals surface area contributed by atoms with Crippen molar-refractivity contribution in [2.45, 2.75) is 0 Å². The SMILES string of the molecule is CS(=O)(=O)Oc1cc(Cl)c(O)cc1Cl. The van der Waals surface area contributed by atoms with Gasteiger partial charge in [-0.3, -0.25) is 0 Å². The summed E-state index contributed by atoms with van der Waals surface area (Å²) in [6.07, 6.45) is 0.879. The Morgan fingerprint density at radius 1 is 1.29 bits per heavy atom. The van der Waals surface area contributed by atoms with Gasteiger partial charge in [-0.25, -0.2) is 0 Å². The molecule has 0 fully saturated rings. The first kappa shape index (κ1) is 11.4. The molecule has 0 unspecified atom stereocenters. The number of halogens is 2. The van der Waals surface area contributed by atoms with Crippen molar-refractivity contribution in [3.63, 3.8) is 0 Å². The highest BCUT2D eigenvalue weighted by Crippen LogP contribution is 2.35. The largest absolute Gasteiger partial charge is 0.506 e. The Labute approximate surface area is 91.1 Å². The molecule has 14 heavy (non-hydrogen) atoms. The summed E-state index contributed by atoms with van der Waals surface area (Å²) in [5, 5.41) is 9.04. The third-order valence-corrected chi connectivity index (χ3v) is 2.32. The number of benzene rings is 1. The Morgan fingerprint density at radius 2 is 1.86 bits per heavy atom. The molecule has 78 valence electrons. The second-order valence-electron chi connectivity index (χ2n) is 2.52. The minimum atomic E-state index is -3.65. The van der Waals surface area contributed by atoms with Crippen LogP contribution in [0.15, 0.2) is 12.1 Å². The molecule has 0 aromatic heterocycles. The van der Waals surface area contributed by atoms with Crippen LogP contribution in [0.3, 0.4) is 0 Å². The predicted octanol–water partition coefficient (Wildman–Crippen LogP) is 2.04. The lowest BCUT2D eigenvalue weighted by Crippen LogP contribution is -2.06. The maximum absolute atomic E-state index is 10.8. The van der Waals surface area contributed by atoms with Gasteiger partial charge >= 0.3 is 10.1 Å². The lowest BCUT2D eigenvalue weighted by atomic mass is 10.3. The number of rotatable bonds is 2. The summed E-state index contributed by atoms with van der Waals surface area (Å²) in [5.41, 5.74) is 0.